The molecule has 1 aromatic carbocycles. The van der Waals surface area contributed by atoms with Gasteiger partial charge in [-0.05, 0) is 53.9 Å². The van der Waals surface area contributed by atoms with Crippen molar-refractivity contribution in [2.24, 2.45) is 0 Å². The highest BCUT2D eigenvalue weighted by atomic mass is 79.9. The van der Waals surface area contributed by atoms with Crippen molar-refractivity contribution in [1.82, 2.24) is 5.32 Å². The minimum Gasteiger partial charge on any atom is -0.488 e. The van der Waals surface area contributed by atoms with Crippen molar-refractivity contribution in [1.29, 1.82) is 0 Å². The lowest BCUT2D eigenvalue weighted by Crippen LogP contribution is -2.14. The molecule has 3 rings (SSSR count). The second-order valence-corrected chi connectivity index (χ2v) is 7.36. The molecule has 1 N–H and O–H groups in total. The Morgan fingerprint density at radius 3 is 2.90 bits per heavy atom. The van der Waals surface area contributed by atoms with Crippen molar-refractivity contribution in [3.8, 4) is 5.75 Å². The van der Waals surface area contributed by atoms with Gasteiger partial charge in [0.25, 0.3) is 0 Å². The summed E-state index contributed by atoms with van der Waals surface area (Å²) in [5.41, 5.74) is 1.29. The van der Waals surface area contributed by atoms with Gasteiger partial charge in [-0.25, -0.2) is 0 Å². The molecule has 1 saturated carbocycles. The highest BCUT2D eigenvalue weighted by Crippen LogP contribution is 2.28. The summed E-state index contributed by atoms with van der Waals surface area (Å²) in [7, 11) is 0. The van der Waals surface area contributed by atoms with E-state index < -0.39 is 0 Å². The molecule has 0 bridgehead atoms. The average Bonchev–Trinajstić information content (AvgIpc) is 3.20. The zero-order valence-electron chi connectivity index (χ0n) is 11.5. The second-order valence-electron chi connectivity index (χ2n) is 5.17. The van der Waals surface area contributed by atoms with Crippen LogP contribution in [0.4, 0.5) is 0 Å². The van der Waals surface area contributed by atoms with Gasteiger partial charge < -0.3 is 10.1 Å². The molecule has 4 heteroatoms. The average molecular weight is 352 g/mol. The normalized spacial score (nSPS) is 14.5. The number of hydrogen-bond acceptors (Lipinski definition) is 3. The fraction of sp³-hybridized carbons (Fsp3) is 0.375. The van der Waals surface area contributed by atoms with Crippen LogP contribution in [0.1, 0.15) is 28.2 Å². The van der Waals surface area contributed by atoms with E-state index in [1.807, 2.05) is 35.6 Å². The molecule has 1 heterocycles. The molecule has 1 aliphatic rings. The minimum atomic E-state index is 0.633. The summed E-state index contributed by atoms with van der Waals surface area (Å²) in [5, 5.41) is 3.56. The fourth-order valence-electron chi connectivity index (χ4n) is 2.07. The largest absolute Gasteiger partial charge is 0.488 e. The van der Waals surface area contributed by atoms with Crippen molar-refractivity contribution in [2.75, 3.05) is 0 Å². The van der Waals surface area contributed by atoms with E-state index in [-0.39, 0.29) is 0 Å². The monoisotopic (exact) mass is 351 g/mol. The number of rotatable bonds is 6. The van der Waals surface area contributed by atoms with Crippen molar-refractivity contribution in [3.63, 3.8) is 0 Å². The first-order valence-electron chi connectivity index (χ1n) is 6.91. The van der Waals surface area contributed by atoms with E-state index in [4.69, 9.17) is 4.74 Å². The topological polar surface area (TPSA) is 21.3 Å². The van der Waals surface area contributed by atoms with Gasteiger partial charge in [-0.2, -0.15) is 0 Å². The summed E-state index contributed by atoms with van der Waals surface area (Å²) in [6.45, 7) is 3.80. The van der Waals surface area contributed by atoms with Crippen LogP contribution in [0.3, 0.4) is 0 Å². The quantitative estimate of drug-likeness (QED) is 0.817. The summed E-state index contributed by atoms with van der Waals surface area (Å²) in [6, 6.07) is 11.0. The van der Waals surface area contributed by atoms with Crippen molar-refractivity contribution < 1.29 is 4.74 Å². The third-order valence-corrected chi connectivity index (χ3v) is 5.18. The minimum absolute atomic E-state index is 0.633. The Labute approximate surface area is 132 Å². The fourth-order valence-corrected chi connectivity index (χ4v) is 3.47. The van der Waals surface area contributed by atoms with Crippen LogP contribution in [0.5, 0.6) is 5.75 Å². The van der Waals surface area contributed by atoms with Gasteiger partial charge in [0.15, 0.2) is 0 Å². The molecule has 0 radical (unpaired) electrons. The molecule has 106 valence electrons. The van der Waals surface area contributed by atoms with Gasteiger partial charge in [0, 0.05) is 27.9 Å². The molecule has 2 nitrogen and oxygen atoms in total. The highest BCUT2D eigenvalue weighted by molar-refractivity contribution is 9.10. The number of aryl methyl sites for hydroxylation is 1. The van der Waals surface area contributed by atoms with Gasteiger partial charge in [0.1, 0.15) is 12.4 Å². The lowest BCUT2D eigenvalue weighted by molar-refractivity contribution is 0.304. The molecule has 0 unspecified atom stereocenters. The van der Waals surface area contributed by atoms with E-state index >= 15 is 0 Å². The zero-order valence-corrected chi connectivity index (χ0v) is 13.9. The van der Waals surface area contributed by atoms with E-state index in [9.17, 15) is 0 Å². The van der Waals surface area contributed by atoms with Crippen LogP contribution in [-0.4, -0.2) is 6.04 Å². The van der Waals surface area contributed by atoms with Gasteiger partial charge in [-0.1, -0.05) is 12.1 Å². The number of nitrogens with one attached hydrogen (secondary N) is 1. The number of hydrogen-bond donors (Lipinski definition) is 1. The number of ether oxygens (including phenoxy) is 1. The first-order valence-corrected chi connectivity index (χ1v) is 8.52. The number of para-hydroxylation sites is 1. The molecule has 0 amide bonds. The predicted octanol–water partition coefficient (Wildman–Crippen LogP) is 4.65. The molecule has 2 aromatic rings. The Kier molecular flexibility index (Phi) is 4.44. The van der Waals surface area contributed by atoms with Crippen LogP contribution in [-0.2, 0) is 13.2 Å². The van der Waals surface area contributed by atoms with E-state index in [0.717, 1.165) is 22.8 Å². The smallest absolute Gasteiger partial charge is 0.133 e. The van der Waals surface area contributed by atoms with Gasteiger partial charge in [0.05, 0.1) is 4.47 Å². The Morgan fingerprint density at radius 1 is 1.35 bits per heavy atom. The zero-order chi connectivity index (χ0) is 13.9. The van der Waals surface area contributed by atoms with Gasteiger partial charge >= 0.3 is 0 Å². The van der Waals surface area contributed by atoms with Crippen LogP contribution >= 0.6 is 27.3 Å². The number of benzene rings is 1. The Hall–Kier alpha value is -0.840. The molecular weight excluding hydrogens is 334 g/mol. The number of thiophene rings is 1. The third kappa shape index (κ3) is 3.62. The molecule has 0 atom stereocenters. The van der Waals surface area contributed by atoms with Gasteiger partial charge in [-0.3, -0.25) is 0 Å². The summed E-state index contributed by atoms with van der Waals surface area (Å²) < 4.78 is 6.90. The van der Waals surface area contributed by atoms with Crippen molar-refractivity contribution >= 4 is 27.3 Å². The lowest BCUT2D eigenvalue weighted by atomic mass is 10.2. The van der Waals surface area contributed by atoms with Crippen LogP contribution in [0, 0.1) is 6.92 Å². The van der Waals surface area contributed by atoms with Crippen LogP contribution in [0.25, 0.3) is 0 Å². The SMILES string of the molecule is Cc1sc(CNC2CC2)cc1COc1ccccc1Br. The first-order chi connectivity index (χ1) is 9.72. The van der Waals surface area contributed by atoms with Crippen LogP contribution < -0.4 is 10.1 Å². The molecule has 0 spiro atoms. The Morgan fingerprint density at radius 2 is 2.15 bits per heavy atom. The molecule has 1 aromatic heterocycles. The lowest BCUT2D eigenvalue weighted by Gasteiger charge is -2.07. The summed E-state index contributed by atoms with van der Waals surface area (Å²) in [6.07, 6.45) is 2.67. The molecule has 1 aliphatic carbocycles. The van der Waals surface area contributed by atoms with E-state index in [1.54, 1.807) is 0 Å². The summed E-state index contributed by atoms with van der Waals surface area (Å²) in [4.78, 5) is 2.75. The van der Waals surface area contributed by atoms with E-state index in [1.165, 1.54) is 28.2 Å². The second kappa shape index (κ2) is 6.29. The van der Waals surface area contributed by atoms with E-state index in [2.05, 4.69) is 34.2 Å². The van der Waals surface area contributed by atoms with Crippen LogP contribution in [0.15, 0.2) is 34.8 Å². The maximum atomic E-state index is 5.89. The maximum absolute atomic E-state index is 5.89. The van der Waals surface area contributed by atoms with Crippen molar-refractivity contribution in [2.45, 2.75) is 39.0 Å². The molecular formula is C16H18BrNOS. The van der Waals surface area contributed by atoms with Crippen molar-refractivity contribution in [3.05, 3.63) is 50.1 Å². The molecule has 0 aliphatic heterocycles. The summed E-state index contributed by atoms with van der Waals surface area (Å²) >= 11 is 5.38. The standard InChI is InChI=1S/C16H18BrNOS/c1-11-12(8-14(20-11)9-18-13-6-7-13)10-19-16-5-3-2-4-15(16)17/h2-5,8,13,18H,6-7,9-10H2,1H3. The van der Waals surface area contributed by atoms with E-state index in [0.29, 0.717) is 6.61 Å². The highest BCUT2D eigenvalue weighted by Gasteiger charge is 2.20. The number of halogens is 1. The first kappa shape index (κ1) is 14.1. The Balaban J connectivity index is 1.60. The third-order valence-electron chi connectivity index (χ3n) is 3.43. The maximum Gasteiger partial charge on any atom is 0.133 e. The van der Waals surface area contributed by atoms with Gasteiger partial charge in [0.2, 0.25) is 0 Å². The molecule has 1 fully saturated rings. The molecule has 20 heavy (non-hydrogen) atoms. The summed E-state index contributed by atoms with van der Waals surface area (Å²) in [5.74, 6) is 0.899. The van der Waals surface area contributed by atoms with Crippen LogP contribution in [0.2, 0.25) is 0 Å². The predicted molar refractivity (Wildman–Crippen MR) is 87.4 cm³/mol. The Bertz CT molecular complexity index is 592. The molecule has 0 saturated heterocycles. The van der Waals surface area contributed by atoms with Gasteiger partial charge in [-0.15, -0.1) is 11.3 Å².